The standard InChI is InChI=1S/C11H22N2OS/c1-9(2)5-6-12-11(15)13-8-10-4-3-7-14-10/h9-10H,3-8H2,1-2H3,(H2,12,13,15). The van der Waals surface area contributed by atoms with Crippen molar-refractivity contribution >= 4 is 17.3 Å². The molecule has 3 nitrogen and oxygen atoms in total. The molecular weight excluding hydrogens is 208 g/mol. The zero-order valence-corrected chi connectivity index (χ0v) is 10.5. The molecular formula is C11H22N2OS. The molecule has 1 unspecified atom stereocenters. The Morgan fingerprint density at radius 3 is 2.87 bits per heavy atom. The first-order valence-corrected chi connectivity index (χ1v) is 6.22. The van der Waals surface area contributed by atoms with Gasteiger partial charge in [0.1, 0.15) is 0 Å². The molecule has 4 heteroatoms. The average molecular weight is 230 g/mol. The van der Waals surface area contributed by atoms with Crippen LogP contribution in [0, 0.1) is 5.92 Å². The Balaban J connectivity index is 1.98. The third kappa shape index (κ3) is 5.95. The summed E-state index contributed by atoms with van der Waals surface area (Å²) >= 11 is 5.16. The lowest BCUT2D eigenvalue weighted by Gasteiger charge is -2.14. The summed E-state index contributed by atoms with van der Waals surface area (Å²) in [6.45, 7) is 7.12. The van der Waals surface area contributed by atoms with Gasteiger partial charge in [0.15, 0.2) is 5.11 Å². The van der Waals surface area contributed by atoms with Gasteiger partial charge < -0.3 is 15.4 Å². The van der Waals surface area contributed by atoms with E-state index in [1.165, 1.54) is 6.42 Å². The maximum Gasteiger partial charge on any atom is 0.166 e. The van der Waals surface area contributed by atoms with Gasteiger partial charge in [-0.15, -0.1) is 0 Å². The molecule has 0 saturated carbocycles. The van der Waals surface area contributed by atoms with Gasteiger partial charge in [0.05, 0.1) is 6.10 Å². The van der Waals surface area contributed by atoms with Crippen LogP contribution >= 0.6 is 12.2 Å². The summed E-state index contributed by atoms with van der Waals surface area (Å²) in [6.07, 6.45) is 3.85. The molecule has 0 aromatic carbocycles. The van der Waals surface area contributed by atoms with Crippen LogP contribution in [0.25, 0.3) is 0 Å². The topological polar surface area (TPSA) is 33.3 Å². The number of thiocarbonyl (C=S) groups is 1. The van der Waals surface area contributed by atoms with Crippen molar-refractivity contribution in [3.05, 3.63) is 0 Å². The van der Waals surface area contributed by atoms with Gasteiger partial charge in [-0.25, -0.2) is 0 Å². The predicted octanol–water partition coefficient (Wildman–Crippen LogP) is 1.68. The molecule has 15 heavy (non-hydrogen) atoms. The zero-order chi connectivity index (χ0) is 11.1. The van der Waals surface area contributed by atoms with Crippen LogP contribution in [-0.4, -0.2) is 30.9 Å². The Morgan fingerprint density at radius 2 is 2.27 bits per heavy atom. The fraction of sp³-hybridized carbons (Fsp3) is 0.909. The molecule has 1 atom stereocenters. The van der Waals surface area contributed by atoms with Crippen molar-refractivity contribution in [1.82, 2.24) is 10.6 Å². The van der Waals surface area contributed by atoms with E-state index in [-0.39, 0.29) is 0 Å². The second kappa shape index (κ2) is 7.01. The van der Waals surface area contributed by atoms with E-state index in [0.717, 1.165) is 43.6 Å². The highest BCUT2D eigenvalue weighted by Gasteiger charge is 2.14. The van der Waals surface area contributed by atoms with Crippen LogP contribution in [0.3, 0.4) is 0 Å². The predicted molar refractivity (Wildman–Crippen MR) is 67.0 cm³/mol. The maximum atomic E-state index is 5.50. The fourth-order valence-electron chi connectivity index (χ4n) is 1.55. The highest BCUT2D eigenvalue weighted by molar-refractivity contribution is 7.80. The molecule has 0 aromatic heterocycles. The van der Waals surface area contributed by atoms with Gasteiger partial charge >= 0.3 is 0 Å². The van der Waals surface area contributed by atoms with Crippen molar-refractivity contribution in [2.45, 2.75) is 39.2 Å². The van der Waals surface area contributed by atoms with Crippen molar-refractivity contribution in [2.75, 3.05) is 19.7 Å². The summed E-state index contributed by atoms with van der Waals surface area (Å²) in [5.74, 6) is 0.721. The SMILES string of the molecule is CC(C)CCNC(=S)NCC1CCCO1. The molecule has 1 fully saturated rings. The lowest BCUT2D eigenvalue weighted by Crippen LogP contribution is -2.39. The molecule has 1 heterocycles. The number of ether oxygens (including phenoxy) is 1. The highest BCUT2D eigenvalue weighted by Crippen LogP contribution is 2.10. The first-order chi connectivity index (χ1) is 7.18. The van der Waals surface area contributed by atoms with Gasteiger partial charge in [-0.1, -0.05) is 13.8 Å². The van der Waals surface area contributed by atoms with Gasteiger partial charge in [-0.3, -0.25) is 0 Å². The minimum atomic E-state index is 0.356. The van der Waals surface area contributed by atoms with E-state index in [1.807, 2.05) is 0 Å². The van der Waals surface area contributed by atoms with E-state index >= 15 is 0 Å². The monoisotopic (exact) mass is 230 g/mol. The van der Waals surface area contributed by atoms with Gasteiger partial charge in [0, 0.05) is 19.7 Å². The molecule has 0 radical (unpaired) electrons. The van der Waals surface area contributed by atoms with Crippen LogP contribution in [0.2, 0.25) is 0 Å². The summed E-state index contributed by atoms with van der Waals surface area (Å²) in [5, 5.41) is 7.15. The summed E-state index contributed by atoms with van der Waals surface area (Å²) < 4.78 is 5.50. The molecule has 2 N–H and O–H groups in total. The van der Waals surface area contributed by atoms with Gasteiger partial charge in [-0.05, 0) is 37.4 Å². The smallest absolute Gasteiger partial charge is 0.166 e. The van der Waals surface area contributed by atoms with E-state index in [0.29, 0.717) is 6.10 Å². The molecule has 0 aliphatic carbocycles. The van der Waals surface area contributed by atoms with E-state index in [4.69, 9.17) is 17.0 Å². The molecule has 0 aromatic rings. The summed E-state index contributed by atoms with van der Waals surface area (Å²) in [6, 6.07) is 0. The minimum Gasteiger partial charge on any atom is -0.376 e. The van der Waals surface area contributed by atoms with Crippen molar-refractivity contribution in [1.29, 1.82) is 0 Å². The van der Waals surface area contributed by atoms with E-state index < -0.39 is 0 Å². The number of nitrogens with one attached hydrogen (secondary N) is 2. The van der Waals surface area contributed by atoms with Crippen LogP contribution in [0.4, 0.5) is 0 Å². The Morgan fingerprint density at radius 1 is 1.47 bits per heavy atom. The van der Waals surface area contributed by atoms with E-state index in [2.05, 4.69) is 24.5 Å². The van der Waals surface area contributed by atoms with Crippen LogP contribution in [0.5, 0.6) is 0 Å². The Kier molecular flexibility index (Phi) is 5.95. The number of hydrogen-bond donors (Lipinski definition) is 2. The maximum absolute atomic E-state index is 5.50. The second-order valence-electron chi connectivity index (χ2n) is 4.45. The molecule has 0 bridgehead atoms. The third-order valence-corrected chi connectivity index (χ3v) is 2.81. The molecule has 1 aliphatic rings. The molecule has 0 amide bonds. The van der Waals surface area contributed by atoms with Crippen LogP contribution < -0.4 is 10.6 Å². The van der Waals surface area contributed by atoms with E-state index in [1.54, 1.807) is 0 Å². The Hall–Kier alpha value is -0.350. The lowest BCUT2D eigenvalue weighted by molar-refractivity contribution is 0.114. The normalized spacial score (nSPS) is 20.6. The zero-order valence-electron chi connectivity index (χ0n) is 9.71. The van der Waals surface area contributed by atoms with E-state index in [9.17, 15) is 0 Å². The summed E-state index contributed by atoms with van der Waals surface area (Å²) in [4.78, 5) is 0. The van der Waals surface area contributed by atoms with Gasteiger partial charge in [-0.2, -0.15) is 0 Å². The molecule has 0 spiro atoms. The summed E-state index contributed by atoms with van der Waals surface area (Å²) in [7, 11) is 0. The molecule has 1 aliphatic heterocycles. The largest absolute Gasteiger partial charge is 0.376 e. The third-order valence-electron chi connectivity index (χ3n) is 2.52. The van der Waals surface area contributed by atoms with Gasteiger partial charge in [0.25, 0.3) is 0 Å². The number of rotatable bonds is 5. The molecule has 1 rings (SSSR count). The van der Waals surface area contributed by atoms with Crippen LogP contribution in [-0.2, 0) is 4.74 Å². The Labute approximate surface area is 98.0 Å². The second-order valence-corrected chi connectivity index (χ2v) is 4.86. The quantitative estimate of drug-likeness (QED) is 0.704. The fourth-order valence-corrected chi connectivity index (χ4v) is 1.73. The molecule has 88 valence electrons. The first-order valence-electron chi connectivity index (χ1n) is 5.82. The summed E-state index contributed by atoms with van der Waals surface area (Å²) in [5.41, 5.74) is 0. The average Bonchev–Trinajstić information content (AvgIpc) is 2.66. The minimum absolute atomic E-state index is 0.356. The first kappa shape index (κ1) is 12.7. The van der Waals surface area contributed by atoms with Crippen LogP contribution in [0.15, 0.2) is 0 Å². The van der Waals surface area contributed by atoms with Crippen molar-refractivity contribution < 1.29 is 4.74 Å². The van der Waals surface area contributed by atoms with Gasteiger partial charge in [0.2, 0.25) is 0 Å². The lowest BCUT2D eigenvalue weighted by atomic mass is 10.1. The Bertz CT molecular complexity index is 191. The molecule has 1 saturated heterocycles. The highest BCUT2D eigenvalue weighted by atomic mass is 32.1. The number of hydrogen-bond acceptors (Lipinski definition) is 2. The van der Waals surface area contributed by atoms with Crippen LogP contribution in [0.1, 0.15) is 33.1 Å². The van der Waals surface area contributed by atoms with Crippen molar-refractivity contribution in [3.8, 4) is 0 Å². The van der Waals surface area contributed by atoms with Crippen molar-refractivity contribution in [3.63, 3.8) is 0 Å². The van der Waals surface area contributed by atoms with Crippen molar-refractivity contribution in [2.24, 2.45) is 5.92 Å².